The van der Waals surface area contributed by atoms with Gasteiger partial charge in [-0.05, 0) is 30.3 Å². The molecule has 0 spiro atoms. The maximum Gasteiger partial charge on any atom is 0.354 e. The molecular weight excluding hydrogens is 247 g/mol. The molecule has 0 saturated heterocycles. The number of carboxylic acid groups (broad SMARTS) is 1. The largest absolute Gasteiger partial charge is 0.477 e. The van der Waals surface area contributed by atoms with Crippen LogP contribution in [0.5, 0.6) is 0 Å². The second-order valence-corrected chi connectivity index (χ2v) is 4.15. The van der Waals surface area contributed by atoms with E-state index in [1.165, 1.54) is 18.3 Å². The van der Waals surface area contributed by atoms with Crippen molar-refractivity contribution in [3.05, 3.63) is 59.7 Å². The molecule has 0 amide bonds. The lowest BCUT2D eigenvalue weighted by atomic mass is 10.1. The van der Waals surface area contributed by atoms with Gasteiger partial charge in [0.15, 0.2) is 5.69 Å². The lowest BCUT2D eigenvalue weighted by Crippen LogP contribution is -2.19. The Morgan fingerprint density at radius 2 is 2.00 bits per heavy atom. The summed E-state index contributed by atoms with van der Waals surface area (Å²) in [5.41, 5.74) is 1.46. The molecule has 1 aromatic carbocycles. The van der Waals surface area contributed by atoms with Gasteiger partial charge in [0.1, 0.15) is 5.82 Å². The van der Waals surface area contributed by atoms with E-state index in [1.807, 2.05) is 11.9 Å². The minimum Gasteiger partial charge on any atom is -0.477 e. The number of pyridine rings is 1. The standard InChI is InChI=1S/C14H13FN2O2/c1-17(12-6-4-11(15)5-7-12)9-10-3-2-8-16-13(10)14(18)19/h2-8H,9H2,1H3,(H,18,19). The maximum atomic E-state index is 12.8. The first-order valence-corrected chi connectivity index (χ1v) is 5.72. The first-order chi connectivity index (χ1) is 9.08. The summed E-state index contributed by atoms with van der Waals surface area (Å²) in [6.07, 6.45) is 1.45. The van der Waals surface area contributed by atoms with Crippen molar-refractivity contribution in [2.75, 3.05) is 11.9 Å². The minimum absolute atomic E-state index is 0.0384. The van der Waals surface area contributed by atoms with Crippen LogP contribution in [-0.2, 0) is 6.54 Å². The fourth-order valence-corrected chi connectivity index (χ4v) is 1.80. The van der Waals surface area contributed by atoms with E-state index in [4.69, 9.17) is 5.11 Å². The number of hydrogen-bond donors (Lipinski definition) is 1. The molecule has 0 unspecified atom stereocenters. The van der Waals surface area contributed by atoms with Crippen molar-refractivity contribution >= 4 is 11.7 Å². The van der Waals surface area contributed by atoms with Crippen molar-refractivity contribution in [3.63, 3.8) is 0 Å². The summed E-state index contributed by atoms with van der Waals surface area (Å²) >= 11 is 0. The highest BCUT2D eigenvalue weighted by atomic mass is 19.1. The van der Waals surface area contributed by atoms with Crippen molar-refractivity contribution in [2.45, 2.75) is 6.54 Å². The van der Waals surface area contributed by atoms with Gasteiger partial charge in [-0.15, -0.1) is 0 Å². The predicted octanol–water partition coefficient (Wildman–Crippen LogP) is 2.56. The SMILES string of the molecule is CN(Cc1cccnc1C(=O)O)c1ccc(F)cc1. The molecule has 0 aliphatic carbocycles. The van der Waals surface area contributed by atoms with Crippen LogP contribution in [0.25, 0.3) is 0 Å². The second-order valence-electron chi connectivity index (χ2n) is 4.15. The highest BCUT2D eigenvalue weighted by Gasteiger charge is 2.12. The summed E-state index contributed by atoms with van der Waals surface area (Å²) in [5.74, 6) is -1.35. The molecule has 0 aliphatic heterocycles. The lowest BCUT2D eigenvalue weighted by Gasteiger charge is -2.20. The quantitative estimate of drug-likeness (QED) is 0.917. The van der Waals surface area contributed by atoms with E-state index < -0.39 is 5.97 Å². The van der Waals surface area contributed by atoms with E-state index in [0.29, 0.717) is 12.1 Å². The third kappa shape index (κ3) is 3.07. The number of benzene rings is 1. The molecule has 1 aromatic heterocycles. The molecule has 0 saturated carbocycles. The number of carboxylic acids is 1. The molecule has 2 aromatic rings. The Morgan fingerprint density at radius 1 is 1.32 bits per heavy atom. The third-order valence-corrected chi connectivity index (χ3v) is 2.77. The fourth-order valence-electron chi connectivity index (χ4n) is 1.80. The van der Waals surface area contributed by atoms with Crippen LogP contribution < -0.4 is 4.90 Å². The highest BCUT2D eigenvalue weighted by molar-refractivity contribution is 5.87. The molecule has 0 bridgehead atoms. The minimum atomic E-state index is -1.05. The van der Waals surface area contributed by atoms with Crippen LogP contribution in [0.2, 0.25) is 0 Å². The third-order valence-electron chi connectivity index (χ3n) is 2.77. The first kappa shape index (κ1) is 13.0. The zero-order valence-corrected chi connectivity index (χ0v) is 10.4. The van der Waals surface area contributed by atoms with Crippen molar-refractivity contribution in [1.29, 1.82) is 0 Å². The number of hydrogen-bond acceptors (Lipinski definition) is 3. The zero-order chi connectivity index (χ0) is 13.8. The van der Waals surface area contributed by atoms with Crippen LogP contribution in [-0.4, -0.2) is 23.1 Å². The average molecular weight is 260 g/mol. The topological polar surface area (TPSA) is 53.4 Å². The second kappa shape index (κ2) is 5.48. The maximum absolute atomic E-state index is 12.8. The number of aromatic nitrogens is 1. The zero-order valence-electron chi connectivity index (χ0n) is 10.4. The molecular formula is C14H13FN2O2. The van der Waals surface area contributed by atoms with Crippen LogP contribution in [0, 0.1) is 5.82 Å². The van der Waals surface area contributed by atoms with Gasteiger partial charge < -0.3 is 10.0 Å². The van der Waals surface area contributed by atoms with Crippen LogP contribution in [0.3, 0.4) is 0 Å². The molecule has 0 fully saturated rings. The number of carbonyl (C=O) groups is 1. The van der Waals surface area contributed by atoms with Gasteiger partial charge in [-0.2, -0.15) is 0 Å². The van der Waals surface area contributed by atoms with E-state index >= 15 is 0 Å². The molecule has 19 heavy (non-hydrogen) atoms. The summed E-state index contributed by atoms with van der Waals surface area (Å²) in [6, 6.07) is 9.44. The molecule has 0 radical (unpaired) electrons. The lowest BCUT2D eigenvalue weighted by molar-refractivity contribution is 0.0689. The van der Waals surface area contributed by atoms with Gasteiger partial charge in [0.2, 0.25) is 0 Å². The summed E-state index contributed by atoms with van der Waals surface area (Å²) in [6.45, 7) is 0.390. The molecule has 2 rings (SSSR count). The summed E-state index contributed by atoms with van der Waals surface area (Å²) in [5, 5.41) is 9.05. The Bertz CT molecular complexity index is 584. The Morgan fingerprint density at radius 3 is 2.63 bits per heavy atom. The van der Waals surface area contributed by atoms with Gasteiger partial charge in [0, 0.05) is 31.0 Å². The van der Waals surface area contributed by atoms with Gasteiger partial charge in [-0.1, -0.05) is 6.07 Å². The normalized spacial score (nSPS) is 10.2. The Labute approximate surface area is 110 Å². The Kier molecular flexibility index (Phi) is 3.75. The molecule has 5 heteroatoms. The summed E-state index contributed by atoms with van der Waals surface area (Å²) in [4.78, 5) is 16.7. The summed E-state index contributed by atoms with van der Waals surface area (Å²) < 4.78 is 12.8. The molecule has 0 atom stereocenters. The number of rotatable bonds is 4. The van der Waals surface area contributed by atoms with Crippen molar-refractivity contribution in [2.24, 2.45) is 0 Å². The Balaban J connectivity index is 2.21. The number of halogens is 1. The van der Waals surface area contributed by atoms with Gasteiger partial charge >= 0.3 is 5.97 Å². The predicted molar refractivity (Wildman–Crippen MR) is 69.7 cm³/mol. The van der Waals surface area contributed by atoms with Crippen LogP contribution >= 0.6 is 0 Å². The fraction of sp³-hybridized carbons (Fsp3) is 0.143. The van der Waals surface area contributed by atoms with Crippen LogP contribution in [0.1, 0.15) is 16.1 Å². The first-order valence-electron chi connectivity index (χ1n) is 5.72. The van der Waals surface area contributed by atoms with E-state index in [9.17, 15) is 9.18 Å². The smallest absolute Gasteiger partial charge is 0.354 e. The van der Waals surface area contributed by atoms with E-state index in [1.54, 1.807) is 24.3 Å². The van der Waals surface area contributed by atoms with Crippen molar-refractivity contribution < 1.29 is 14.3 Å². The molecule has 4 nitrogen and oxygen atoms in total. The average Bonchev–Trinajstić information content (AvgIpc) is 2.39. The van der Waals surface area contributed by atoms with E-state index in [-0.39, 0.29) is 11.5 Å². The molecule has 0 aliphatic rings. The monoisotopic (exact) mass is 260 g/mol. The van der Waals surface area contributed by atoms with Gasteiger partial charge in [-0.3, -0.25) is 0 Å². The molecule has 1 heterocycles. The van der Waals surface area contributed by atoms with Gasteiger partial charge in [-0.25, -0.2) is 14.2 Å². The van der Waals surface area contributed by atoms with Gasteiger partial charge in [0.25, 0.3) is 0 Å². The number of aromatic carboxylic acids is 1. The van der Waals surface area contributed by atoms with E-state index in [0.717, 1.165) is 5.69 Å². The van der Waals surface area contributed by atoms with Gasteiger partial charge in [0.05, 0.1) is 0 Å². The number of nitrogens with zero attached hydrogens (tertiary/aromatic N) is 2. The van der Waals surface area contributed by atoms with Crippen LogP contribution in [0.4, 0.5) is 10.1 Å². The highest BCUT2D eigenvalue weighted by Crippen LogP contribution is 2.17. The molecule has 98 valence electrons. The van der Waals surface area contributed by atoms with Crippen molar-refractivity contribution in [1.82, 2.24) is 4.98 Å². The number of anilines is 1. The summed E-state index contributed by atoms with van der Waals surface area (Å²) in [7, 11) is 1.81. The van der Waals surface area contributed by atoms with Crippen molar-refractivity contribution in [3.8, 4) is 0 Å². The Hall–Kier alpha value is -2.43. The molecule has 1 N–H and O–H groups in total. The van der Waals surface area contributed by atoms with Crippen LogP contribution in [0.15, 0.2) is 42.6 Å². The van der Waals surface area contributed by atoms with E-state index in [2.05, 4.69) is 4.98 Å².